The molecule has 3 rings (SSSR count). The Morgan fingerprint density at radius 3 is 3.05 bits per heavy atom. The molecular formula is C15H13N3OS. The number of allylic oxidation sites excluding steroid dienone is 1. The molecule has 0 bridgehead atoms. The second kappa shape index (κ2) is 4.94. The van der Waals surface area contributed by atoms with Gasteiger partial charge in [0.1, 0.15) is 5.82 Å². The van der Waals surface area contributed by atoms with E-state index in [2.05, 4.69) is 16.5 Å². The van der Waals surface area contributed by atoms with Gasteiger partial charge in [-0.3, -0.25) is 4.79 Å². The molecule has 2 aromatic heterocycles. The summed E-state index contributed by atoms with van der Waals surface area (Å²) in [4.78, 5) is 19.7. The number of carbonyl (C=O) groups is 1. The average molecular weight is 283 g/mol. The SMILES string of the molecule is C=CCc1nc2ccc(-c3ccsc3C(N)=O)cc2[nH]1. The maximum atomic E-state index is 11.4. The number of benzene rings is 1. The number of nitrogens with one attached hydrogen (secondary N) is 1. The van der Waals surface area contributed by atoms with E-state index in [0.717, 1.165) is 28.0 Å². The molecule has 0 unspecified atom stereocenters. The summed E-state index contributed by atoms with van der Waals surface area (Å²) in [6.07, 6.45) is 2.51. The topological polar surface area (TPSA) is 71.8 Å². The number of hydrogen-bond donors (Lipinski definition) is 2. The Morgan fingerprint density at radius 1 is 1.45 bits per heavy atom. The van der Waals surface area contributed by atoms with Crippen molar-refractivity contribution in [3.8, 4) is 11.1 Å². The van der Waals surface area contributed by atoms with Gasteiger partial charge in [-0.15, -0.1) is 17.9 Å². The van der Waals surface area contributed by atoms with Crippen molar-refractivity contribution >= 4 is 28.3 Å². The number of thiophene rings is 1. The maximum absolute atomic E-state index is 11.4. The van der Waals surface area contributed by atoms with Crippen LogP contribution in [0.25, 0.3) is 22.2 Å². The first kappa shape index (κ1) is 12.6. The van der Waals surface area contributed by atoms with E-state index < -0.39 is 5.91 Å². The molecule has 0 saturated carbocycles. The molecule has 3 aromatic rings. The number of nitrogens with two attached hydrogens (primary N) is 1. The average Bonchev–Trinajstić information content (AvgIpc) is 3.04. The number of aromatic nitrogens is 2. The Balaban J connectivity index is 2.10. The normalized spacial score (nSPS) is 10.8. The van der Waals surface area contributed by atoms with Gasteiger partial charge in [0.15, 0.2) is 0 Å². The summed E-state index contributed by atoms with van der Waals surface area (Å²) in [5.41, 5.74) is 9.07. The maximum Gasteiger partial charge on any atom is 0.259 e. The zero-order valence-corrected chi connectivity index (χ0v) is 11.5. The first-order valence-corrected chi connectivity index (χ1v) is 7.04. The fourth-order valence-corrected chi connectivity index (χ4v) is 2.96. The Bertz CT molecular complexity index is 800. The van der Waals surface area contributed by atoms with Crippen LogP contribution in [-0.2, 0) is 6.42 Å². The zero-order valence-electron chi connectivity index (χ0n) is 10.7. The molecule has 0 radical (unpaired) electrons. The fraction of sp³-hybridized carbons (Fsp3) is 0.0667. The van der Waals surface area contributed by atoms with Crippen LogP contribution in [0.4, 0.5) is 0 Å². The van der Waals surface area contributed by atoms with E-state index in [1.54, 1.807) is 0 Å². The highest BCUT2D eigenvalue weighted by molar-refractivity contribution is 7.12. The largest absolute Gasteiger partial charge is 0.365 e. The van der Waals surface area contributed by atoms with Gasteiger partial charge >= 0.3 is 0 Å². The molecule has 100 valence electrons. The summed E-state index contributed by atoms with van der Waals surface area (Å²) in [6, 6.07) is 7.79. The third-order valence-electron chi connectivity index (χ3n) is 3.07. The zero-order chi connectivity index (χ0) is 14.1. The van der Waals surface area contributed by atoms with Gasteiger partial charge in [-0.2, -0.15) is 0 Å². The van der Waals surface area contributed by atoms with Crippen LogP contribution in [0.3, 0.4) is 0 Å². The predicted molar refractivity (Wildman–Crippen MR) is 81.8 cm³/mol. The highest BCUT2D eigenvalue weighted by atomic mass is 32.1. The summed E-state index contributed by atoms with van der Waals surface area (Å²) in [7, 11) is 0. The number of amides is 1. The summed E-state index contributed by atoms with van der Waals surface area (Å²) in [6.45, 7) is 3.71. The molecule has 0 fully saturated rings. The molecule has 3 N–H and O–H groups in total. The van der Waals surface area contributed by atoms with E-state index in [9.17, 15) is 4.79 Å². The third kappa shape index (κ3) is 2.12. The van der Waals surface area contributed by atoms with E-state index in [1.807, 2.05) is 35.7 Å². The minimum absolute atomic E-state index is 0.396. The molecule has 0 atom stereocenters. The molecule has 0 spiro atoms. The Hall–Kier alpha value is -2.40. The van der Waals surface area contributed by atoms with Crippen LogP contribution >= 0.6 is 11.3 Å². The molecule has 5 heteroatoms. The molecule has 20 heavy (non-hydrogen) atoms. The second-order valence-electron chi connectivity index (χ2n) is 4.44. The summed E-state index contributed by atoms with van der Waals surface area (Å²) < 4.78 is 0. The predicted octanol–water partition coefficient (Wildman–Crippen LogP) is 3.12. The molecular weight excluding hydrogens is 270 g/mol. The van der Waals surface area contributed by atoms with Crippen molar-refractivity contribution in [3.63, 3.8) is 0 Å². The summed E-state index contributed by atoms with van der Waals surface area (Å²) in [5.74, 6) is 0.486. The smallest absolute Gasteiger partial charge is 0.259 e. The number of rotatable bonds is 4. The van der Waals surface area contributed by atoms with E-state index in [4.69, 9.17) is 5.73 Å². The van der Waals surface area contributed by atoms with Crippen molar-refractivity contribution in [1.82, 2.24) is 9.97 Å². The van der Waals surface area contributed by atoms with Crippen molar-refractivity contribution in [3.05, 3.63) is 53.0 Å². The van der Waals surface area contributed by atoms with Crippen LogP contribution < -0.4 is 5.73 Å². The van der Waals surface area contributed by atoms with Crippen molar-refractivity contribution in [2.24, 2.45) is 5.73 Å². The van der Waals surface area contributed by atoms with E-state index in [0.29, 0.717) is 11.3 Å². The molecule has 1 aromatic carbocycles. The Kier molecular flexibility index (Phi) is 3.12. The van der Waals surface area contributed by atoms with E-state index in [1.165, 1.54) is 11.3 Å². The van der Waals surface area contributed by atoms with Gasteiger partial charge in [-0.25, -0.2) is 4.98 Å². The number of primary amides is 1. The van der Waals surface area contributed by atoms with E-state index >= 15 is 0 Å². The minimum atomic E-state index is -0.396. The number of aromatic amines is 1. The number of nitrogens with zero attached hydrogens (tertiary/aromatic N) is 1. The van der Waals surface area contributed by atoms with Crippen LogP contribution in [0, 0.1) is 0 Å². The van der Waals surface area contributed by atoms with Gasteiger partial charge in [0, 0.05) is 12.0 Å². The van der Waals surface area contributed by atoms with Crippen molar-refractivity contribution < 1.29 is 4.79 Å². The van der Waals surface area contributed by atoms with Crippen molar-refractivity contribution in [2.75, 3.05) is 0 Å². The van der Waals surface area contributed by atoms with E-state index in [-0.39, 0.29) is 0 Å². The number of fused-ring (bicyclic) bond motifs is 1. The lowest BCUT2D eigenvalue weighted by Gasteiger charge is -2.01. The molecule has 2 heterocycles. The second-order valence-corrected chi connectivity index (χ2v) is 5.35. The van der Waals surface area contributed by atoms with Crippen LogP contribution in [0.1, 0.15) is 15.5 Å². The first-order chi connectivity index (χ1) is 9.69. The Labute approximate surface area is 120 Å². The lowest BCUT2D eigenvalue weighted by atomic mass is 10.1. The molecule has 1 amide bonds. The quantitative estimate of drug-likeness (QED) is 0.722. The number of carbonyl (C=O) groups excluding carboxylic acids is 1. The molecule has 4 nitrogen and oxygen atoms in total. The van der Waals surface area contributed by atoms with Gasteiger partial charge in [-0.1, -0.05) is 12.1 Å². The van der Waals surface area contributed by atoms with Crippen LogP contribution in [0.15, 0.2) is 42.3 Å². The first-order valence-electron chi connectivity index (χ1n) is 6.16. The van der Waals surface area contributed by atoms with Crippen LogP contribution in [0.5, 0.6) is 0 Å². The minimum Gasteiger partial charge on any atom is -0.365 e. The van der Waals surface area contributed by atoms with Crippen molar-refractivity contribution in [2.45, 2.75) is 6.42 Å². The lowest BCUT2D eigenvalue weighted by Crippen LogP contribution is -2.09. The number of imidazole rings is 1. The van der Waals surface area contributed by atoms with Crippen LogP contribution in [-0.4, -0.2) is 15.9 Å². The standard InChI is InChI=1S/C15H13N3OS/c1-2-3-13-17-11-5-4-9(8-12(11)18-13)10-6-7-20-14(10)15(16)19/h2,4-8H,1,3H2,(H2,16,19)(H,17,18). The fourth-order valence-electron chi connectivity index (χ4n) is 2.19. The van der Waals surface area contributed by atoms with Crippen molar-refractivity contribution in [1.29, 1.82) is 0 Å². The number of hydrogen-bond acceptors (Lipinski definition) is 3. The molecule has 0 aliphatic carbocycles. The van der Waals surface area contributed by atoms with Gasteiger partial charge in [0.25, 0.3) is 5.91 Å². The molecule has 0 saturated heterocycles. The third-order valence-corrected chi connectivity index (χ3v) is 4.00. The monoisotopic (exact) mass is 283 g/mol. The molecule has 0 aliphatic rings. The number of H-pyrrole nitrogens is 1. The van der Waals surface area contributed by atoms with Gasteiger partial charge in [0.05, 0.1) is 15.9 Å². The van der Waals surface area contributed by atoms with Crippen LogP contribution in [0.2, 0.25) is 0 Å². The van der Waals surface area contributed by atoms with Gasteiger partial charge < -0.3 is 10.7 Å². The van der Waals surface area contributed by atoms with Gasteiger partial charge in [0.2, 0.25) is 0 Å². The van der Waals surface area contributed by atoms with Gasteiger partial charge in [-0.05, 0) is 29.1 Å². The lowest BCUT2D eigenvalue weighted by molar-refractivity contribution is 0.100. The Morgan fingerprint density at radius 2 is 2.30 bits per heavy atom. The summed E-state index contributed by atoms with van der Waals surface area (Å²) >= 11 is 1.36. The molecule has 0 aliphatic heterocycles. The highest BCUT2D eigenvalue weighted by Crippen LogP contribution is 2.29. The summed E-state index contributed by atoms with van der Waals surface area (Å²) in [5, 5.41) is 1.87. The highest BCUT2D eigenvalue weighted by Gasteiger charge is 2.12.